The van der Waals surface area contributed by atoms with E-state index in [1.54, 1.807) is 0 Å². The second kappa shape index (κ2) is 2.38. The van der Waals surface area contributed by atoms with Crippen molar-refractivity contribution in [3.63, 3.8) is 0 Å². The van der Waals surface area contributed by atoms with Gasteiger partial charge in [-0.3, -0.25) is 5.10 Å². The van der Waals surface area contributed by atoms with Gasteiger partial charge in [0, 0.05) is 5.92 Å². The minimum absolute atomic E-state index is 0.476. The Bertz CT molecular complexity index is 402. The van der Waals surface area contributed by atoms with Crippen molar-refractivity contribution in [3.8, 4) is 11.6 Å². The van der Waals surface area contributed by atoms with Gasteiger partial charge in [0.1, 0.15) is 6.33 Å². The van der Waals surface area contributed by atoms with Crippen LogP contribution < -0.4 is 0 Å². The van der Waals surface area contributed by atoms with Crippen molar-refractivity contribution in [2.75, 3.05) is 0 Å². The molecule has 0 unspecified atom stereocenters. The number of hydrogen-bond donors (Lipinski definition) is 1. The molecule has 13 heavy (non-hydrogen) atoms. The second-order valence-electron chi connectivity index (χ2n) is 3.06. The molecule has 0 atom stereocenters. The molecule has 3 rings (SSSR count). The molecule has 1 fully saturated rings. The van der Waals surface area contributed by atoms with Crippen molar-refractivity contribution < 1.29 is 4.52 Å². The Morgan fingerprint density at radius 3 is 3.08 bits per heavy atom. The van der Waals surface area contributed by atoms with Gasteiger partial charge in [0.05, 0.1) is 0 Å². The molecule has 0 bridgehead atoms. The Kier molecular flexibility index (Phi) is 1.24. The van der Waals surface area contributed by atoms with E-state index in [2.05, 4.69) is 25.3 Å². The molecule has 0 spiro atoms. The molecular weight excluding hydrogens is 170 g/mol. The Morgan fingerprint density at radius 1 is 1.46 bits per heavy atom. The summed E-state index contributed by atoms with van der Waals surface area (Å²) in [5, 5.41) is 10.2. The van der Waals surface area contributed by atoms with Crippen LogP contribution in [0.15, 0.2) is 10.9 Å². The predicted octanol–water partition coefficient (Wildman–Crippen LogP) is 0.732. The van der Waals surface area contributed by atoms with E-state index in [-0.39, 0.29) is 0 Å². The summed E-state index contributed by atoms with van der Waals surface area (Å²) in [5.41, 5.74) is 0. The normalized spacial score (nSPS) is 16.3. The SMILES string of the molecule is c1n[nH]c(-c2noc(C3CC3)n2)n1. The number of H-pyrrole nitrogens is 1. The van der Waals surface area contributed by atoms with Gasteiger partial charge in [-0.05, 0) is 12.8 Å². The number of aromatic amines is 1. The number of nitrogens with zero attached hydrogens (tertiary/aromatic N) is 4. The summed E-state index contributed by atoms with van der Waals surface area (Å²) in [4.78, 5) is 8.13. The van der Waals surface area contributed by atoms with Gasteiger partial charge >= 0.3 is 0 Å². The maximum absolute atomic E-state index is 5.06. The molecule has 1 aliphatic carbocycles. The summed E-state index contributed by atoms with van der Waals surface area (Å²) in [7, 11) is 0. The molecule has 2 aromatic heterocycles. The van der Waals surface area contributed by atoms with Gasteiger partial charge in [0.2, 0.25) is 11.7 Å². The zero-order valence-electron chi connectivity index (χ0n) is 6.77. The van der Waals surface area contributed by atoms with Crippen LogP contribution in [0.5, 0.6) is 0 Å². The van der Waals surface area contributed by atoms with E-state index in [9.17, 15) is 0 Å². The highest BCUT2D eigenvalue weighted by molar-refractivity contribution is 5.39. The third-order valence-electron chi connectivity index (χ3n) is 2.00. The maximum Gasteiger partial charge on any atom is 0.239 e. The number of hydrogen-bond acceptors (Lipinski definition) is 5. The number of aromatic nitrogens is 5. The van der Waals surface area contributed by atoms with Crippen molar-refractivity contribution in [1.29, 1.82) is 0 Å². The van der Waals surface area contributed by atoms with Gasteiger partial charge in [0.15, 0.2) is 5.82 Å². The fraction of sp³-hybridized carbons (Fsp3) is 0.429. The highest BCUT2D eigenvalue weighted by atomic mass is 16.5. The fourth-order valence-corrected chi connectivity index (χ4v) is 1.14. The first-order valence-electron chi connectivity index (χ1n) is 4.13. The molecule has 2 aromatic rings. The summed E-state index contributed by atoms with van der Waals surface area (Å²) in [6.07, 6.45) is 3.72. The first-order chi connectivity index (χ1) is 6.43. The predicted molar refractivity (Wildman–Crippen MR) is 41.6 cm³/mol. The third kappa shape index (κ3) is 1.10. The lowest BCUT2D eigenvalue weighted by Gasteiger charge is -1.81. The van der Waals surface area contributed by atoms with Crippen molar-refractivity contribution in [2.45, 2.75) is 18.8 Å². The molecule has 1 N–H and O–H groups in total. The van der Waals surface area contributed by atoms with Crippen LogP contribution in [0, 0.1) is 0 Å². The van der Waals surface area contributed by atoms with Crippen LogP contribution in [0.1, 0.15) is 24.7 Å². The zero-order valence-corrected chi connectivity index (χ0v) is 6.77. The second-order valence-corrected chi connectivity index (χ2v) is 3.06. The highest BCUT2D eigenvalue weighted by Gasteiger charge is 2.30. The molecule has 1 aliphatic rings. The molecule has 6 nitrogen and oxygen atoms in total. The van der Waals surface area contributed by atoms with E-state index >= 15 is 0 Å². The summed E-state index contributed by atoms with van der Waals surface area (Å²) >= 11 is 0. The van der Waals surface area contributed by atoms with Gasteiger partial charge in [0.25, 0.3) is 0 Å². The molecule has 0 aliphatic heterocycles. The molecule has 66 valence electrons. The molecule has 0 saturated heterocycles. The molecule has 1 saturated carbocycles. The monoisotopic (exact) mass is 177 g/mol. The van der Waals surface area contributed by atoms with E-state index in [0.717, 1.165) is 12.8 Å². The lowest BCUT2D eigenvalue weighted by Crippen LogP contribution is -1.84. The first kappa shape index (κ1) is 6.76. The van der Waals surface area contributed by atoms with Crippen LogP contribution in [-0.2, 0) is 0 Å². The van der Waals surface area contributed by atoms with E-state index < -0.39 is 0 Å². The average molecular weight is 177 g/mol. The molecule has 2 heterocycles. The van der Waals surface area contributed by atoms with Gasteiger partial charge in [-0.1, -0.05) is 5.16 Å². The smallest absolute Gasteiger partial charge is 0.239 e. The summed E-state index contributed by atoms with van der Waals surface area (Å²) in [5.74, 6) is 2.23. The van der Waals surface area contributed by atoms with Crippen LogP contribution in [0.4, 0.5) is 0 Å². The highest BCUT2D eigenvalue weighted by Crippen LogP contribution is 2.39. The van der Waals surface area contributed by atoms with Crippen molar-refractivity contribution in [2.24, 2.45) is 0 Å². The summed E-state index contributed by atoms with van der Waals surface area (Å²) < 4.78 is 5.06. The van der Waals surface area contributed by atoms with Crippen LogP contribution in [0.2, 0.25) is 0 Å². The minimum Gasteiger partial charge on any atom is -0.339 e. The Labute approximate surface area is 73.4 Å². The van der Waals surface area contributed by atoms with Crippen LogP contribution in [0.3, 0.4) is 0 Å². The standard InChI is InChI=1S/C7H7N5O/c1-2-4(1)7-10-6(12-13-7)5-8-3-9-11-5/h3-4H,1-2H2,(H,8,9,11). The quantitative estimate of drug-likeness (QED) is 0.731. The van der Waals surface area contributed by atoms with Crippen molar-refractivity contribution in [3.05, 3.63) is 12.2 Å². The van der Waals surface area contributed by atoms with Crippen molar-refractivity contribution >= 4 is 0 Å². The van der Waals surface area contributed by atoms with Crippen LogP contribution in [-0.4, -0.2) is 25.3 Å². The van der Waals surface area contributed by atoms with Gasteiger partial charge in [-0.2, -0.15) is 10.1 Å². The number of nitrogens with one attached hydrogen (secondary N) is 1. The van der Waals surface area contributed by atoms with Gasteiger partial charge in [-0.25, -0.2) is 4.98 Å². The lowest BCUT2D eigenvalue weighted by molar-refractivity contribution is 0.380. The maximum atomic E-state index is 5.06. The van der Waals surface area contributed by atoms with Crippen molar-refractivity contribution in [1.82, 2.24) is 25.3 Å². The third-order valence-corrected chi connectivity index (χ3v) is 2.00. The topological polar surface area (TPSA) is 80.5 Å². The molecule has 0 amide bonds. The van der Waals surface area contributed by atoms with Gasteiger partial charge in [-0.15, -0.1) is 0 Å². The van der Waals surface area contributed by atoms with E-state index in [0.29, 0.717) is 23.5 Å². The Morgan fingerprint density at radius 2 is 2.38 bits per heavy atom. The minimum atomic E-state index is 0.476. The molecular formula is C7H7N5O. The molecule has 0 aromatic carbocycles. The fourth-order valence-electron chi connectivity index (χ4n) is 1.14. The lowest BCUT2D eigenvalue weighted by atomic mass is 10.4. The van der Waals surface area contributed by atoms with E-state index in [1.807, 2.05) is 0 Å². The van der Waals surface area contributed by atoms with E-state index in [1.165, 1.54) is 6.33 Å². The average Bonchev–Trinajstić information content (AvgIpc) is 2.72. The molecule has 0 radical (unpaired) electrons. The van der Waals surface area contributed by atoms with Gasteiger partial charge < -0.3 is 4.52 Å². The largest absolute Gasteiger partial charge is 0.339 e. The zero-order chi connectivity index (χ0) is 8.67. The Balaban J connectivity index is 1.97. The molecule has 6 heteroatoms. The number of rotatable bonds is 2. The Hall–Kier alpha value is -1.72. The summed E-state index contributed by atoms with van der Waals surface area (Å²) in [6.45, 7) is 0. The first-order valence-corrected chi connectivity index (χ1v) is 4.13. The van der Waals surface area contributed by atoms with Crippen LogP contribution in [0.25, 0.3) is 11.6 Å². The van der Waals surface area contributed by atoms with E-state index in [4.69, 9.17) is 4.52 Å². The summed E-state index contributed by atoms with van der Waals surface area (Å²) in [6, 6.07) is 0. The van der Waals surface area contributed by atoms with Crippen LogP contribution >= 0.6 is 0 Å².